The van der Waals surface area contributed by atoms with Crippen LogP contribution in [0.4, 0.5) is 5.69 Å². The molecule has 0 saturated carbocycles. The van der Waals surface area contributed by atoms with Crippen LogP contribution in [0.2, 0.25) is 5.02 Å². The molecule has 0 spiro atoms. The quantitative estimate of drug-likeness (QED) is 0.279. The van der Waals surface area contributed by atoms with E-state index in [0.717, 1.165) is 0 Å². The maximum absolute atomic E-state index is 14.1. The zero-order valence-corrected chi connectivity index (χ0v) is 27.8. The van der Waals surface area contributed by atoms with E-state index in [9.17, 15) is 19.5 Å². The number of nitrogens with zero attached hydrogens (tertiary/aromatic N) is 2. The molecule has 1 aliphatic heterocycles. The Bertz CT molecular complexity index is 1300. The van der Waals surface area contributed by atoms with Gasteiger partial charge in [0, 0.05) is 54.7 Å². The summed E-state index contributed by atoms with van der Waals surface area (Å²) in [7, 11) is 1.53. The Morgan fingerprint density at radius 3 is 2.30 bits per heavy atom. The fourth-order valence-corrected chi connectivity index (χ4v) is 5.61. The molecule has 44 heavy (non-hydrogen) atoms. The number of amides is 2. The van der Waals surface area contributed by atoms with Gasteiger partial charge < -0.3 is 29.1 Å². The van der Waals surface area contributed by atoms with Crippen LogP contribution in [0.3, 0.4) is 0 Å². The Hall–Kier alpha value is -3.30. The van der Waals surface area contributed by atoms with Crippen molar-refractivity contribution in [3.8, 4) is 11.5 Å². The van der Waals surface area contributed by atoms with Crippen LogP contribution >= 0.6 is 11.6 Å². The third-order valence-corrected chi connectivity index (χ3v) is 7.60. The lowest BCUT2D eigenvalue weighted by Crippen LogP contribution is -2.42. The van der Waals surface area contributed by atoms with Gasteiger partial charge in [0.05, 0.1) is 31.4 Å². The van der Waals surface area contributed by atoms with Crippen molar-refractivity contribution in [1.29, 1.82) is 0 Å². The van der Waals surface area contributed by atoms with Gasteiger partial charge in [0.2, 0.25) is 11.8 Å². The van der Waals surface area contributed by atoms with Crippen LogP contribution in [0.15, 0.2) is 36.4 Å². The molecule has 2 aromatic rings. The largest absolute Gasteiger partial charge is 0.496 e. The number of methoxy groups -OCH3 is 1. The summed E-state index contributed by atoms with van der Waals surface area (Å²) >= 11 is 6.56. The van der Waals surface area contributed by atoms with Crippen molar-refractivity contribution in [2.24, 2.45) is 11.3 Å². The van der Waals surface area contributed by atoms with Gasteiger partial charge >= 0.3 is 5.97 Å². The van der Waals surface area contributed by atoms with Crippen molar-refractivity contribution in [1.82, 2.24) is 4.90 Å². The maximum Gasteiger partial charge on any atom is 0.309 e. The van der Waals surface area contributed by atoms with Crippen LogP contribution in [0, 0.1) is 11.3 Å². The highest BCUT2D eigenvalue weighted by atomic mass is 35.5. The number of ether oxygens (including phenoxy) is 3. The summed E-state index contributed by atoms with van der Waals surface area (Å²) in [6, 6.07) is 10.4. The van der Waals surface area contributed by atoms with E-state index in [-0.39, 0.29) is 48.1 Å². The van der Waals surface area contributed by atoms with E-state index in [2.05, 4.69) is 0 Å². The number of carbonyl (C=O) groups excluding carboxylic acids is 3. The van der Waals surface area contributed by atoms with Gasteiger partial charge in [-0.05, 0) is 51.2 Å². The molecule has 2 aromatic carbocycles. The molecule has 3 rings (SSSR count). The van der Waals surface area contributed by atoms with Gasteiger partial charge in [-0.25, -0.2) is 0 Å². The number of halogens is 1. The third kappa shape index (κ3) is 9.35. The Balaban J connectivity index is 1.95. The highest BCUT2D eigenvalue weighted by Crippen LogP contribution is 2.44. The van der Waals surface area contributed by atoms with E-state index >= 15 is 0 Å². The molecule has 242 valence electrons. The molecule has 9 nitrogen and oxygen atoms in total. The minimum Gasteiger partial charge on any atom is -0.496 e. The number of piperidine rings is 1. The number of para-hydroxylation sites is 1. The van der Waals surface area contributed by atoms with Gasteiger partial charge in [0.25, 0.3) is 0 Å². The van der Waals surface area contributed by atoms with Gasteiger partial charge in [0.1, 0.15) is 17.6 Å². The molecule has 1 saturated heterocycles. The number of rotatable bonds is 12. The lowest BCUT2D eigenvalue weighted by molar-refractivity contribution is -0.151. The summed E-state index contributed by atoms with van der Waals surface area (Å²) in [5, 5.41) is 12.1. The summed E-state index contributed by atoms with van der Waals surface area (Å²) in [5.41, 5.74) is 0.973. The predicted molar refractivity (Wildman–Crippen MR) is 171 cm³/mol. The second-order valence-electron chi connectivity index (χ2n) is 12.6. The van der Waals surface area contributed by atoms with Gasteiger partial charge in [-0.2, -0.15) is 0 Å². The first-order valence-electron chi connectivity index (χ1n) is 15.3. The number of benzene rings is 2. The molecule has 0 aromatic heterocycles. The summed E-state index contributed by atoms with van der Waals surface area (Å²) in [6.45, 7) is 13.1. The smallest absolute Gasteiger partial charge is 0.309 e. The minimum absolute atomic E-state index is 0.0158. The fraction of sp³-hybridized carbons (Fsp3) is 0.559. The van der Waals surface area contributed by atoms with E-state index in [1.807, 2.05) is 40.7 Å². The number of hydrogen-bond donors (Lipinski definition) is 1. The molecule has 1 aliphatic rings. The minimum atomic E-state index is -1.19. The molecule has 10 heteroatoms. The van der Waals surface area contributed by atoms with Gasteiger partial charge in [-0.1, -0.05) is 50.6 Å². The molecule has 0 bridgehead atoms. The number of aliphatic hydroxyl groups is 1. The average molecular weight is 631 g/mol. The number of likely N-dealkylation sites (tertiary alicyclic amines) is 1. The van der Waals surface area contributed by atoms with Crippen molar-refractivity contribution in [3.05, 3.63) is 52.5 Å². The highest BCUT2D eigenvalue weighted by molar-refractivity contribution is 6.31. The lowest BCUT2D eigenvalue weighted by Gasteiger charge is -2.35. The SMILES string of the molecule is CCOC(=O)C1CCN(C(=O)CCC(=O)N(CC(C)(C)C)c2c(OC(C)C)cc(Cl)cc2[C@H](O)c2ccccc2OC)CC1. The van der Waals surface area contributed by atoms with Gasteiger partial charge in [-0.3, -0.25) is 14.4 Å². The summed E-state index contributed by atoms with van der Waals surface area (Å²) in [5.74, 6) is 0.00515. The number of carbonyl (C=O) groups is 3. The van der Waals surface area contributed by atoms with E-state index in [1.165, 1.54) is 7.11 Å². The van der Waals surface area contributed by atoms with Crippen LogP contribution in [-0.4, -0.2) is 67.2 Å². The van der Waals surface area contributed by atoms with Crippen molar-refractivity contribution < 1.29 is 33.7 Å². The molecule has 1 fully saturated rings. The molecule has 1 N–H and O–H groups in total. The first-order chi connectivity index (χ1) is 20.7. The number of anilines is 1. The maximum atomic E-state index is 14.1. The standard InChI is InChI=1S/C34H47ClN2O7/c1-8-43-33(41)23-15-17-36(18-16-23)29(38)13-14-30(39)37(21-34(4,5)6)31-26(19-24(35)20-28(31)44-22(2)3)32(40)25-11-9-10-12-27(25)42-7/h9-12,19-20,22-23,32,40H,8,13-18,21H2,1-7H3/t32-/m1/s1. The first kappa shape index (κ1) is 35.2. The van der Waals surface area contributed by atoms with Crippen LogP contribution in [0.5, 0.6) is 11.5 Å². The van der Waals surface area contributed by atoms with E-state index in [1.54, 1.807) is 47.1 Å². The summed E-state index contributed by atoms with van der Waals surface area (Å²) in [6.07, 6.45) is -0.372. The van der Waals surface area contributed by atoms with Crippen LogP contribution in [-0.2, 0) is 19.1 Å². The molecule has 0 unspecified atom stereocenters. The fourth-order valence-electron chi connectivity index (χ4n) is 5.39. The molecule has 1 heterocycles. The second-order valence-corrected chi connectivity index (χ2v) is 13.0. The normalized spacial score (nSPS) is 14.7. The van der Waals surface area contributed by atoms with Crippen molar-refractivity contribution >= 4 is 35.1 Å². The highest BCUT2D eigenvalue weighted by Gasteiger charge is 2.33. The molecule has 2 amide bonds. The molecular weight excluding hydrogens is 584 g/mol. The second kappa shape index (κ2) is 15.6. The zero-order valence-electron chi connectivity index (χ0n) is 27.0. The monoisotopic (exact) mass is 630 g/mol. The Kier molecular flexibility index (Phi) is 12.5. The molecule has 1 atom stereocenters. The first-order valence-corrected chi connectivity index (χ1v) is 15.7. The number of aliphatic hydroxyl groups excluding tert-OH is 1. The van der Waals surface area contributed by atoms with E-state index in [4.69, 9.17) is 25.8 Å². The van der Waals surface area contributed by atoms with Crippen LogP contribution in [0.25, 0.3) is 0 Å². The van der Waals surface area contributed by atoms with E-state index < -0.39 is 6.10 Å². The average Bonchev–Trinajstić information content (AvgIpc) is 2.97. The zero-order chi connectivity index (χ0) is 32.6. The van der Waals surface area contributed by atoms with Gasteiger partial charge in [-0.15, -0.1) is 0 Å². The number of esters is 1. The van der Waals surface area contributed by atoms with Crippen molar-refractivity contribution in [2.75, 3.05) is 38.3 Å². The summed E-state index contributed by atoms with van der Waals surface area (Å²) in [4.78, 5) is 42.7. The topological polar surface area (TPSA) is 106 Å². The van der Waals surface area contributed by atoms with Crippen molar-refractivity contribution in [2.45, 2.75) is 79.4 Å². The Morgan fingerprint density at radius 2 is 1.70 bits per heavy atom. The Morgan fingerprint density at radius 1 is 1.05 bits per heavy atom. The number of hydrogen-bond acceptors (Lipinski definition) is 7. The van der Waals surface area contributed by atoms with Gasteiger partial charge in [0.15, 0.2) is 0 Å². The third-order valence-electron chi connectivity index (χ3n) is 7.38. The summed E-state index contributed by atoms with van der Waals surface area (Å²) < 4.78 is 16.8. The van der Waals surface area contributed by atoms with E-state index in [0.29, 0.717) is 72.4 Å². The molecular formula is C34H47ClN2O7. The Labute approximate surface area is 266 Å². The van der Waals surface area contributed by atoms with Crippen molar-refractivity contribution in [3.63, 3.8) is 0 Å². The predicted octanol–water partition coefficient (Wildman–Crippen LogP) is 6.18. The van der Waals surface area contributed by atoms with Crippen LogP contribution in [0.1, 0.15) is 84.5 Å². The molecule has 0 radical (unpaired) electrons. The molecule has 0 aliphatic carbocycles. The lowest BCUT2D eigenvalue weighted by atomic mass is 9.93. The van der Waals surface area contributed by atoms with Crippen LogP contribution < -0.4 is 14.4 Å².